The summed E-state index contributed by atoms with van der Waals surface area (Å²) in [5.74, 6) is 0.101. The van der Waals surface area contributed by atoms with Crippen LogP contribution < -0.4 is 5.32 Å². The van der Waals surface area contributed by atoms with Crippen molar-refractivity contribution in [2.45, 2.75) is 32.6 Å². The summed E-state index contributed by atoms with van der Waals surface area (Å²) < 4.78 is 5.39. The van der Waals surface area contributed by atoms with Crippen LogP contribution in [0.3, 0.4) is 0 Å². The molecule has 1 saturated heterocycles. The molecule has 5 nitrogen and oxygen atoms in total. The summed E-state index contributed by atoms with van der Waals surface area (Å²) in [7, 11) is 0. The van der Waals surface area contributed by atoms with Crippen molar-refractivity contribution in [1.82, 2.24) is 4.90 Å². The van der Waals surface area contributed by atoms with Gasteiger partial charge in [0, 0.05) is 23.9 Å². The Bertz CT molecular complexity index is 850. The Morgan fingerprint density at radius 1 is 1.11 bits per heavy atom. The maximum absolute atomic E-state index is 13.3. The quantitative estimate of drug-likeness (QED) is 0.834. The van der Waals surface area contributed by atoms with Crippen LogP contribution in [0, 0.1) is 12.8 Å². The van der Waals surface area contributed by atoms with Gasteiger partial charge in [0.1, 0.15) is 5.00 Å². The molecular weight excluding hydrogens is 372 g/mol. The summed E-state index contributed by atoms with van der Waals surface area (Å²) in [5.41, 5.74) is 2.65. The molecule has 1 aliphatic carbocycles. The van der Waals surface area contributed by atoms with Gasteiger partial charge in [0.2, 0.25) is 5.91 Å². The maximum atomic E-state index is 13.3. The zero-order chi connectivity index (χ0) is 19.5. The number of amides is 2. The standard InChI is InChI=1S/C22H26N2O3S/c1-15-18(22(26)24-11-13-27-14-12-24)21(23-20(25)17-9-5-6-10-17)28-19(15)16-7-3-2-4-8-16/h2-4,7-8,17H,5-6,9-14H2,1H3,(H,23,25). The minimum Gasteiger partial charge on any atom is -0.378 e. The highest BCUT2D eigenvalue weighted by atomic mass is 32.1. The Kier molecular flexibility index (Phi) is 5.78. The molecule has 6 heteroatoms. The van der Waals surface area contributed by atoms with E-state index < -0.39 is 0 Å². The number of morpholine rings is 1. The fourth-order valence-corrected chi connectivity index (χ4v) is 5.26. The first-order chi connectivity index (χ1) is 13.6. The molecule has 0 atom stereocenters. The Balaban J connectivity index is 1.69. The molecule has 1 aliphatic heterocycles. The molecule has 1 N–H and O–H groups in total. The third-order valence-corrected chi connectivity index (χ3v) is 6.91. The molecule has 28 heavy (non-hydrogen) atoms. The molecule has 2 heterocycles. The minimum absolute atomic E-state index is 0.0130. The van der Waals surface area contributed by atoms with Crippen LogP contribution in [-0.2, 0) is 9.53 Å². The molecule has 2 amide bonds. The summed E-state index contributed by atoms with van der Waals surface area (Å²) in [6.07, 6.45) is 4.09. The number of carbonyl (C=O) groups is 2. The van der Waals surface area contributed by atoms with E-state index in [-0.39, 0.29) is 17.7 Å². The zero-order valence-electron chi connectivity index (χ0n) is 16.2. The topological polar surface area (TPSA) is 58.6 Å². The van der Waals surface area contributed by atoms with Crippen LogP contribution in [0.2, 0.25) is 0 Å². The summed E-state index contributed by atoms with van der Waals surface area (Å²) in [6, 6.07) is 10.1. The average molecular weight is 399 g/mol. The first kappa shape index (κ1) is 19.2. The molecule has 2 aromatic rings. The van der Waals surface area contributed by atoms with Crippen molar-refractivity contribution in [3.63, 3.8) is 0 Å². The van der Waals surface area contributed by atoms with Gasteiger partial charge in [-0.05, 0) is 30.9 Å². The van der Waals surface area contributed by atoms with Crippen molar-refractivity contribution in [1.29, 1.82) is 0 Å². The highest BCUT2D eigenvalue weighted by Gasteiger charge is 2.30. The number of nitrogens with one attached hydrogen (secondary N) is 1. The largest absolute Gasteiger partial charge is 0.378 e. The normalized spacial score (nSPS) is 17.7. The van der Waals surface area contributed by atoms with Crippen LogP contribution in [0.4, 0.5) is 5.00 Å². The smallest absolute Gasteiger partial charge is 0.257 e. The van der Waals surface area contributed by atoms with Gasteiger partial charge in [-0.2, -0.15) is 0 Å². The number of anilines is 1. The lowest BCUT2D eigenvalue weighted by molar-refractivity contribution is -0.119. The molecule has 1 saturated carbocycles. The average Bonchev–Trinajstić information content (AvgIpc) is 3.37. The molecular formula is C22H26N2O3S. The van der Waals surface area contributed by atoms with Crippen LogP contribution >= 0.6 is 11.3 Å². The van der Waals surface area contributed by atoms with Crippen LogP contribution in [0.25, 0.3) is 10.4 Å². The molecule has 4 rings (SSSR count). The van der Waals surface area contributed by atoms with E-state index in [1.807, 2.05) is 42.2 Å². The van der Waals surface area contributed by atoms with Crippen molar-refractivity contribution in [3.05, 3.63) is 41.5 Å². The summed E-state index contributed by atoms with van der Waals surface area (Å²) in [6.45, 7) is 4.28. The lowest BCUT2D eigenvalue weighted by Crippen LogP contribution is -2.41. The number of thiophene rings is 1. The highest BCUT2D eigenvalue weighted by Crippen LogP contribution is 2.41. The minimum atomic E-state index is -0.0130. The number of rotatable bonds is 4. The highest BCUT2D eigenvalue weighted by molar-refractivity contribution is 7.20. The van der Waals surface area contributed by atoms with E-state index in [1.165, 1.54) is 11.3 Å². The van der Waals surface area contributed by atoms with E-state index in [2.05, 4.69) is 5.32 Å². The predicted molar refractivity (Wildman–Crippen MR) is 112 cm³/mol. The molecule has 148 valence electrons. The third kappa shape index (κ3) is 3.84. The van der Waals surface area contributed by atoms with Crippen LogP contribution in [0.15, 0.2) is 30.3 Å². The lowest BCUT2D eigenvalue weighted by Gasteiger charge is -2.27. The maximum Gasteiger partial charge on any atom is 0.257 e. The van der Waals surface area contributed by atoms with Gasteiger partial charge in [0.05, 0.1) is 18.8 Å². The number of hydrogen-bond acceptors (Lipinski definition) is 4. The predicted octanol–water partition coefficient (Wildman–Crippen LogP) is 4.32. The first-order valence-corrected chi connectivity index (χ1v) is 10.8. The van der Waals surface area contributed by atoms with Crippen molar-refractivity contribution in [2.75, 3.05) is 31.6 Å². The van der Waals surface area contributed by atoms with E-state index in [0.29, 0.717) is 36.9 Å². The van der Waals surface area contributed by atoms with E-state index >= 15 is 0 Å². The molecule has 0 unspecified atom stereocenters. The van der Waals surface area contributed by atoms with Gasteiger partial charge in [-0.15, -0.1) is 11.3 Å². The number of hydrogen-bond donors (Lipinski definition) is 1. The SMILES string of the molecule is Cc1c(-c2ccccc2)sc(NC(=O)C2CCCC2)c1C(=O)N1CCOCC1. The molecule has 2 fully saturated rings. The number of carbonyl (C=O) groups excluding carboxylic acids is 2. The summed E-state index contributed by atoms with van der Waals surface area (Å²) in [4.78, 5) is 29.0. The Labute approximate surface area is 169 Å². The van der Waals surface area contributed by atoms with Crippen molar-refractivity contribution < 1.29 is 14.3 Å². The second kappa shape index (κ2) is 8.45. The number of ether oxygens (including phenoxy) is 1. The van der Waals surface area contributed by atoms with Crippen molar-refractivity contribution in [2.24, 2.45) is 5.92 Å². The third-order valence-electron chi connectivity index (χ3n) is 5.66. The molecule has 0 bridgehead atoms. The van der Waals surface area contributed by atoms with Crippen LogP contribution in [-0.4, -0.2) is 43.0 Å². The second-order valence-corrected chi connectivity index (χ2v) is 8.52. The monoisotopic (exact) mass is 398 g/mol. The Hall–Kier alpha value is -2.18. The Morgan fingerprint density at radius 2 is 1.79 bits per heavy atom. The van der Waals surface area contributed by atoms with E-state index in [1.54, 1.807) is 0 Å². The molecule has 1 aromatic carbocycles. The van der Waals surface area contributed by atoms with E-state index in [9.17, 15) is 9.59 Å². The Morgan fingerprint density at radius 3 is 2.46 bits per heavy atom. The first-order valence-electron chi connectivity index (χ1n) is 10.0. The summed E-state index contributed by atoms with van der Waals surface area (Å²) >= 11 is 1.51. The molecule has 0 spiro atoms. The van der Waals surface area contributed by atoms with Crippen LogP contribution in [0.1, 0.15) is 41.6 Å². The molecule has 0 radical (unpaired) electrons. The van der Waals surface area contributed by atoms with Crippen molar-refractivity contribution in [3.8, 4) is 10.4 Å². The summed E-state index contributed by atoms with van der Waals surface area (Å²) in [5, 5.41) is 3.79. The second-order valence-electron chi connectivity index (χ2n) is 7.50. The fraction of sp³-hybridized carbons (Fsp3) is 0.455. The van der Waals surface area contributed by atoms with Gasteiger partial charge in [0.25, 0.3) is 5.91 Å². The van der Waals surface area contributed by atoms with E-state index in [0.717, 1.165) is 41.7 Å². The van der Waals surface area contributed by atoms with E-state index in [4.69, 9.17) is 4.74 Å². The van der Waals surface area contributed by atoms with Gasteiger partial charge in [-0.1, -0.05) is 43.2 Å². The van der Waals surface area contributed by atoms with Gasteiger partial charge < -0.3 is 15.0 Å². The van der Waals surface area contributed by atoms with Gasteiger partial charge >= 0.3 is 0 Å². The fourth-order valence-electron chi connectivity index (χ4n) is 4.05. The number of benzene rings is 1. The van der Waals surface area contributed by atoms with Crippen molar-refractivity contribution >= 4 is 28.2 Å². The number of nitrogens with zero attached hydrogens (tertiary/aromatic N) is 1. The molecule has 2 aliphatic rings. The lowest BCUT2D eigenvalue weighted by atomic mass is 10.0. The molecule has 1 aromatic heterocycles. The van der Waals surface area contributed by atoms with Gasteiger partial charge in [-0.3, -0.25) is 9.59 Å². The van der Waals surface area contributed by atoms with Gasteiger partial charge in [-0.25, -0.2) is 0 Å². The van der Waals surface area contributed by atoms with Gasteiger partial charge in [0.15, 0.2) is 0 Å². The zero-order valence-corrected chi connectivity index (χ0v) is 17.0. The van der Waals surface area contributed by atoms with Crippen LogP contribution in [0.5, 0.6) is 0 Å².